The average Bonchev–Trinajstić information content (AvgIpc) is 3.05. The van der Waals surface area contributed by atoms with Crippen molar-refractivity contribution in [3.8, 4) is 5.75 Å². The maximum atomic E-state index is 12.1. The lowest BCUT2D eigenvalue weighted by Crippen LogP contribution is -2.30. The lowest BCUT2D eigenvalue weighted by Gasteiger charge is -2.16. The first-order valence-corrected chi connectivity index (χ1v) is 7.10. The minimum atomic E-state index is -0.0930. The molecule has 1 aromatic heterocycles. The molecule has 0 aliphatic carbocycles. The van der Waals surface area contributed by atoms with Crippen molar-refractivity contribution in [3.63, 3.8) is 0 Å². The fourth-order valence-electron chi connectivity index (χ4n) is 2.24. The second-order valence-corrected chi connectivity index (χ2v) is 5.13. The first-order valence-electron chi connectivity index (χ1n) is 7.10. The van der Waals surface area contributed by atoms with Crippen molar-refractivity contribution in [2.24, 2.45) is 0 Å². The highest BCUT2D eigenvalue weighted by Crippen LogP contribution is 2.20. The Hall–Kier alpha value is -2.75. The third-order valence-electron chi connectivity index (χ3n) is 3.48. The molecule has 2 aromatic carbocycles. The second-order valence-electron chi connectivity index (χ2n) is 5.13. The van der Waals surface area contributed by atoms with Crippen LogP contribution in [0.1, 0.15) is 5.76 Å². The zero-order chi connectivity index (χ0) is 15.4. The number of carbonyl (C=O) groups is 1. The van der Waals surface area contributed by atoms with E-state index in [0.717, 1.165) is 16.5 Å². The second kappa shape index (κ2) is 6.35. The molecule has 0 saturated heterocycles. The van der Waals surface area contributed by atoms with Crippen molar-refractivity contribution in [1.82, 2.24) is 4.90 Å². The molecule has 0 unspecified atom stereocenters. The summed E-state index contributed by atoms with van der Waals surface area (Å²) in [4.78, 5) is 13.6. The third-order valence-corrected chi connectivity index (χ3v) is 3.48. The van der Waals surface area contributed by atoms with E-state index in [0.29, 0.717) is 12.3 Å². The van der Waals surface area contributed by atoms with E-state index in [4.69, 9.17) is 9.15 Å². The van der Waals surface area contributed by atoms with Crippen LogP contribution in [-0.2, 0) is 11.3 Å². The van der Waals surface area contributed by atoms with Gasteiger partial charge in [0, 0.05) is 7.05 Å². The van der Waals surface area contributed by atoms with Crippen molar-refractivity contribution in [1.29, 1.82) is 0 Å². The predicted octanol–water partition coefficient (Wildman–Crippen LogP) is 3.47. The molecule has 3 aromatic rings. The molecule has 0 aliphatic heterocycles. The van der Waals surface area contributed by atoms with Gasteiger partial charge in [-0.2, -0.15) is 0 Å². The number of furan rings is 1. The van der Waals surface area contributed by atoms with Crippen LogP contribution in [0.2, 0.25) is 0 Å². The van der Waals surface area contributed by atoms with Crippen LogP contribution in [0.4, 0.5) is 0 Å². The monoisotopic (exact) mass is 295 g/mol. The van der Waals surface area contributed by atoms with Crippen LogP contribution >= 0.6 is 0 Å². The topological polar surface area (TPSA) is 42.7 Å². The molecule has 0 N–H and O–H groups in total. The fraction of sp³-hybridized carbons (Fsp3) is 0.167. The number of likely N-dealkylation sites (N-methyl/N-ethyl adjacent to an activating group) is 1. The Kier molecular flexibility index (Phi) is 4.10. The number of nitrogens with zero attached hydrogens (tertiary/aromatic N) is 1. The van der Waals surface area contributed by atoms with Crippen molar-refractivity contribution in [2.45, 2.75) is 6.54 Å². The number of rotatable bonds is 5. The van der Waals surface area contributed by atoms with Gasteiger partial charge in [-0.3, -0.25) is 4.79 Å². The highest BCUT2D eigenvalue weighted by molar-refractivity contribution is 5.84. The van der Waals surface area contributed by atoms with E-state index < -0.39 is 0 Å². The Bertz CT molecular complexity index is 765. The smallest absolute Gasteiger partial charge is 0.260 e. The van der Waals surface area contributed by atoms with E-state index in [1.165, 1.54) is 0 Å². The normalized spacial score (nSPS) is 10.6. The summed E-state index contributed by atoms with van der Waals surface area (Å²) < 4.78 is 10.8. The number of benzene rings is 2. The van der Waals surface area contributed by atoms with Crippen molar-refractivity contribution in [2.75, 3.05) is 13.7 Å². The molecule has 3 rings (SSSR count). The van der Waals surface area contributed by atoms with Crippen LogP contribution in [-0.4, -0.2) is 24.5 Å². The van der Waals surface area contributed by atoms with Gasteiger partial charge in [0.2, 0.25) is 0 Å². The molecule has 0 fully saturated rings. The fourth-order valence-corrected chi connectivity index (χ4v) is 2.24. The van der Waals surface area contributed by atoms with E-state index in [2.05, 4.69) is 0 Å². The Balaban J connectivity index is 1.59. The predicted molar refractivity (Wildman–Crippen MR) is 84.6 cm³/mol. The van der Waals surface area contributed by atoms with Crippen LogP contribution < -0.4 is 4.74 Å². The van der Waals surface area contributed by atoms with Gasteiger partial charge in [0.05, 0.1) is 12.8 Å². The Morgan fingerprint density at radius 1 is 1.09 bits per heavy atom. The SMILES string of the molecule is CN(Cc1ccco1)C(=O)COc1ccc2ccccc2c1. The van der Waals surface area contributed by atoms with Crippen LogP contribution in [0.3, 0.4) is 0 Å². The quantitative estimate of drug-likeness (QED) is 0.724. The summed E-state index contributed by atoms with van der Waals surface area (Å²) in [6.07, 6.45) is 1.60. The maximum absolute atomic E-state index is 12.1. The van der Waals surface area contributed by atoms with Crippen LogP contribution in [0.5, 0.6) is 5.75 Å². The summed E-state index contributed by atoms with van der Waals surface area (Å²) in [6.45, 7) is 0.447. The van der Waals surface area contributed by atoms with E-state index >= 15 is 0 Å². The van der Waals surface area contributed by atoms with Crippen LogP contribution in [0.15, 0.2) is 65.3 Å². The van der Waals surface area contributed by atoms with Crippen molar-refractivity contribution < 1.29 is 13.9 Å². The zero-order valence-electron chi connectivity index (χ0n) is 12.4. The van der Waals surface area contributed by atoms with Gasteiger partial charge in [0.1, 0.15) is 11.5 Å². The molecule has 112 valence electrons. The Labute approximate surface area is 128 Å². The largest absolute Gasteiger partial charge is 0.484 e. The number of amides is 1. The van der Waals surface area contributed by atoms with E-state index in [-0.39, 0.29) is 12.5 Å². The summed E-state index contributed by atoms with van der Waals surface area (Å²) in [5, 5.41) is 2.24. The first kappa shape index (κ1) is 14.2. The van der Waals surface area contributed by atoms with Crippen LogP contribution in [0.25, 0.3) is 10.8 Å². The lowest BCUT2D eigenvalue weighted by molar-refractivity contribution is -0.132. The minimum absolute atomic E-state index is 0.00947. The summed E-state index contributed by atoms with van der Waals surface area (Å²) in [7, 11) is 1.73. The highest BCUT2D eigenvalue weighted by Gasteiger charge is 2.11. The number of ether oxygens (including phenoxy) is 1. The summed E-state index contributed by atoms with van der Waals surface area (Å²) >= 11 is 0. The van der Waals surface area contributed by atoms with Crippen molar-refractivity contribution in [3.05, 3.63) is 66.6 Å². The molecule has 0 radical (unpaired) electrons. The van der Waals surface area contributed by atoms with E-state index in [9.17, 15) is 4.79 Å². The molecule has 1 amide bonds. The van der Waals surface area contributed by atoms with E-state index in [1.807, 2.05) is 48.5 Å². The average molecular weight is 295 g/mol. The first-order chi connectivity index (χ1) is 10.7. The van der Waals surface area contributed by atoms with Gasteiger partial charge >= 0.3 is 0 Å². The number of hydrogen-bond donors (Lipinski definition) is 0. The van der Waals surface area contributed by atoms with Gasteiger partial charge in [0.15, 0.2) is 6.61 Å². The van der Waals surface area contributed by atoms with Gasteiger partial charge in [-0.1, -0.05) is 30.3 Å². The number of hydrogen-bond acceptors (Lipinski definition) is 3. The molecule has 4 nitrogen and oxygen atoms in total. The Morgan fingerprint density at radius 2 is 1.91 bits per heavy atom. The van der Waals surface area contributed by atoms with Gasteiger partial charge in [-0.15, -0.1) is 0 Å². The lowest BCUT2D eigenvalue weighted by atomic mass is 10.1. The molecule has 0 atom stereocenters. The molecular formula is C18H17NO3. The molecular weight excluding hydrogens is 278 g/mol. The molecule has 4 heteroatoms. The van der Waals surface area contributed by atoms with Gasteiger partial charge in [-0.05, 0) is 35.0 Å². The maximum Gasteiger partial charge on any atom is 0.260 e. The molecule has 0 spiro atoms. The Morgan fingerprint density at radius 3 is 2.68 bits per heavy atom. The molecule has 0 saturated carbocycles. The summed E-state index contributed by atoms with van der Waals surface area (Å²) in [6, 6.07) is 17.5. The number of fused-ring (bicyclic) bond motifs is 1. The van der Waals surface area contributed by atoms with E-state index in [1.54, 1.807) is 24.3 Å². The van der Waals surface area contributed by atoms with Gasteiger partial charge in [0.25, 0.3) is 5.91 Å². The van der Waals surface area contributed by atoms with Crippen molar-refractivity contribution >= 4 is 16.7 Å². The standard InChI is InChI=1S/C18H17NO3/c1-19(12-17-7-4-10-21-17)18(20)13-22-16-9-8-14-5-2-3-6-15(14)11-16/h2-11H,12-13H2,1H3. The minimum Gasteiger partial charge on any atom is -0.484 e. The molecule has 0 bridgehead atoms. The zero-order valence-corrected chi connectivity index (χ0v) is 12.4. The van der Waals surface area contributed by atoms with Crippen LogP contribution in [0, 0.1) is 0 Å². The summed E-state index contributed by atoms with van der Waals surface area (Å²) in [5.41, 5.74) is 0. The molecule has 1 heterocycles. The number of carbonyl (C=O) groups excluding carboxylic acids is 1. The van der Waals surface area contributed by atoms with Gasteiger partial charge < -0.3 is 14.1 Å². The molecule has 0 aliphatic rings. The third kappa shape index (κ3) is 3.28. The highest BCUT2D eigenvalue weighted by atomic mass is 16.5. The van der Waals surface area contributed by atoms with Gasteiger partial charge in [-0.25, -0.2) is 0 Å². The molecule has 22 heavy (non-hydrogen) atoms. The summed E-state index contributed by atoms with van der Waals surface area (Å²) in [5.74, 6) is 1.35.